The Labute approximate surface area is 138 Å². The highest BCUT2D eigenvalue weighted by molar-refractivity contribution is 8.04. The molecule has 0 aromatic rings. The zero-order valence-corrected chi connectivity index (χ0v) is 14.2. The van der Waals surface area contributed by atoms with Crippen molar-refractivity contribution in [3.63, 3.8) is 0 Å². The second-order valence-electron chi connectivity index (χ2n) is 5.74. The fourth-order valence-electron chi connectivity index (χ4n) is 2.48. The van der Waals surface area contributed by atoms with Gasteiger partial charge in [0.2, 0.25) is 18.3 Å². The van der Waals surface area contributed by atoms with Gasteiger partial charge < -0.3 is 10.6 Å². The molecule has 0 aliphatic carbocycles. The van der Waals surface area contributed by atoms with E-state index in [1.807, 2.05) is 0 Å². The molecule has 1 rings (SSSR count). The summed E-state index contributed by atoms with van der Waals surface area (Å²) in [6, 6.07) is 0. The van der Waals surface area contributed by atoms with Gasteiger partial charge in [-0.15, -0.1) is 11.8 Å². The smallest absolute Gasteiger partial charge is 0.247 e. The number of hydrogen-bond donors (Lipinski definition) is 1. The summed E-state index contributed by atoms with van der Waals surface area (Å²) >= 11 is 1.04. The maximum Gasteiger partial charge on any atom is 0.247 e. The lowest BCUT2D eigenvalue weighted by Crippen LogP contribution is -2.31. The highest BCUT2D eigenvalue weighted by atomic mass is 32.2. The third-order valence-electron chi connectivity index (χ3n) is 3.59. The van der Waals surface area contributed by atoms with Gasteiger partial charge in [-0.05, 0) is 19.4 Å². The molecule has 8 heteroatoms. The van der Waals surface area contributed by atoms with Gasteiger partial charge in [0, 0.05) is 31.7 Å². The molecule has 1 aliphatic heterocycles. The van der Waals surface area contributed by atoms with E-state index in [0.717, 1.165) is 23.6 Å². The van der Waals surface area contributed by atoms with Crippen molar-refractivity contribution in [2.75, 3.05) is 13.1 Å². The van der Waals surface area contributed by atoms with Crippen molar-refractivity contribution >= 4 is 17.7 Å². The molecule has 0 radical (unpaired) electrons. The van der Waals surface area contributed by atoms with Crippen molar-refractivity contribution in [2.24, 2.45) is 11.7 Å². The van der Waals surface area contributed by atoms with E-state index in [-0.39, 0.29) is 23.7 Å². The topological polar surface area (TPSA) is 46.3 Å². The van der Waals surface area contributed by atoms with E-state index in [4.69, 9.17) is 5.73 Å². The zero-order valence-electron chi connectivity index (χ0n) is 13.4. The molecule has 2 N–H and O–H groups in total. The Morgan fingerprint density at radius 2 is 2.00 bits per heavy atom. The molecule has 3 nitrogen and oxygen atoms in total. The van der Waals surface area contributed by atoms with Gasteiger partial charge in [0.25, 0.3) is 0 Å². The maximum atomic E-state index is 13.4. The quantitative estimate of drug-likeness (QED) is 0.710. The van der Waals surface area contributed by atoms with Crippen molar-refractivity contribution < 1.29 is 22.4 Å². The molecule has 1 aliphatic rings. The number of nitrogens with two attached hydrogens (primary N) is 1. The van der Waals surface area contributed by atoms with Crippen molar-refractivity contribution in [1.82, 2.24) is 4.90 Å². The highest BCUT2D eigenvalue weighted by Gasteiger charge is 2.43. The largest absolute Gasteiger partial charge is 0.329 e. The molecule has 2 unspecified atom stereocenters. The van der Waals surface area contributed by atoms with Gasteiger partial charge in [-0.3, -0.25) is 4.79 Å². The minimum atomic E-state index is -2.95. The Kier molecular flexibility index (Phi) is 6.70. The van der Waals surface area contributed by atoms with Crippen LogP contribution in [0.4, 0.5) is 17.6 Å². The van der Waals surface area contributed by atoms with Gasteiger partial charge in [-0.1, -0.05) is 12.2 Å². The average Bonchev–Trinajstić information content (AvgIpc) is 2.76. The summed E-state index contributed by atoms with van der Waals surface area (Å²) in [5.74, 6) is -4.57. The van der Waals surface area contributed by atoms with Gasteiger partial charge in [-0.2, -0.15) is 0 Å². The summed E-state index contributed by atoms with van der Waals surface area (Å²) < 4.78 is 53.1. The summed E-state index contributed by atoms with van der Waals surface area (Å²) in [6.07, 6.45) is -3.21. The number of carbonyl (C=O) groups is 1. The number of rotatable bonds is 7. The molecular weight excluding hydrogens is 332 g/mol. The fourth-order valence-corrected chi connectivity index (χ4v) is 4.05. The molecule has 23 heavy (non-hydrogen) atoms. The molecule has 0 saturated heterocycles. The van der Waals surface area contributed by atoms with Crippen LogP contribution in [0.1, 0.15) is 27.2 Å². The molecule has 0 aromatic carbocycles. The van der Waals surface area contributed by atoms with Crippen LogP contribution in [0, 0.1) is 5.92 Å². The Bertz CT molecular complexity index is 502. The van der Waals surface area contributed by atoms with Gasteiger partial charge >= 0.3 is 0 Å². The molecular formula is C15H22F4N2OS. The van der Waals surface area contributed by atoms with Crippen LogP contribution in [0.3, 0.4) is 0 Å². The first-order valence-electron chi connectivity index (χ1n) is 7.20. The van der Waals surface area contributed by atoms with E-state index in [1.165, 1.54) is 6.92 Å². The van der Waals surface area contributed by atoms with E-state index in [0.29, 0.717) is 5.57 Å². The number of nitrogens with zero attached hydrogens (tertiary/aromatic N) is 1. The summed E-state index contributed by atoms with van der Waals surface area (Å²) in [4.78, 5) is 13.0. The van der Waals surface area contributed by atoms with Crippen molar-refractivity contribution in [3.8, 4) is 0 Å². The van der Waals surface area contributed by atoms with Gasteiger partial charge in [-0.25, -0.2) is 17.6 Å². The molecule has 2 atom stereocenters. The standard InChI is InChI=1S/C15H22F4N2OS/c1-8(2)11-12(13(16)17)10(7-20)23-14(11)21(9(3)22)6-5-15(4,18)19/h10,12-13H,1,5-7,20H2,2-4H3. The summed E-state index contributed by atoms with van der Waals surface area (Å²) in [5.41, 5.74) is 6.21. The Morgan fingerprint density at radius 1 is 1.43 bits per heavy atom. The second kappa shape index (κ2) is 7.70. The Hall–Kier alpha value is -1.02. The van der Waals surface area contributed by atoms with Crippen molar-refractivity contribution in [2.45, 2.75) is 44.8 Å². The van der Waals surface area contributed by atoms with E-state index in [2.05, 4.69) is 6.58 Å². The van der Waals surface area contributed by atoms with Crippen LogP contribution >= 0.6 is 11.8 Å². The number of alkyl halides is 4. The molecule has 0 aromatic heterocycles. The molecule has 132 valence electrons. The second-order valence-corrected chi connectivity index (χ2v) is 6.97. The molecule has 0 saturated carbocycles. The minimum absolute atomic E-state index is 0.00433. The van der Waals surface area contributed by atoms with Crippen LogP contribution in [0.15, 0.2) is 22.8 Å². The maximum absolute atomic E-state index is 13.4. The molecule has 1 heterocycles. The number of halogens is 4. The number of thioether (sulfide) groups is 1. The van der Waals surface area contributed by atoms with Crippen LogP contribution < -0.4 is 5.73 Å². The van der Waals surface area contributed by atoms with Gasteiger partial charge in [0.1, 0.15) is 0 Å². The third-order valence-corrected chi connectivity index (χ3v) is 5.04. The van der Waals surface area contributed by atoms with E-state index in [9.17, 15) is 22.4 Å². The zero-order chi connectivity index (χ0) is 17.9. The first kappa shape index (κ1) is 20.0. The number of hydrogen-bond acceptors (Lipinski definition) is 3. The number of allylic oxidation sites excluding steroid dienone is 2. The van der Waals surface area contributed by atoms with Gasteiger partial charge in [0.15, 0.2) is 0 Å². The lowest BCUT2D eigenvalue weighted by atomic mass is 9.91. The summed E-state index contributed by atoms with van der Waals surface area (Å²) in [6.45, 7) is 7.01. The number of carbonyl (C=O) groups excluding carboxylic acids is 1. The monoisotopic (exact) mass is 354 g/mol. The fraction of sp³-hybridized carbons (Fsp3) is 0.667. The first-order valence-corrected chi connectivity index (χ1v) is 8.08. The minimum Gasteiger partial charge on any atom is -0.329 e. The van der Waals surface area contributed by atoms with Crippen LogP contribution in [0.25, 0.3) is 0 Å². The number of amides is 1. The van der Waals surface area contributed by atoms with Gasteiger partial charge in [0.05, 0.1) is 10.9 Å². The van der Waals surface area contributed by atoms with Crippen LogP contribution in [-0.4, -0.2) is 41.5 Å². The Balaban J connectivity index is 3.24. The lowest BCUT2D eigenvalue weighted by Gasteiger charge is -2.25. The predicted octanol–water partition coefficient (Wildman–Crippen LogP) is 3.62. The lowest BCUT2D eigenvalue weighted by molar-refractivity contribution is -0.127. The van der Waals surface area contributed by atoms with Crippen LogP contribution in [-0.2, 0) is 4.79 Å². The van der Waals surface area contributed by atoms with Crippen LogP contribution in [0.5, 0.6) is 0 Å². The molecule has 0 bridgehead atoms. The predicted molar refractivity (Wildman–Crippen MR) is 84.4 cm³/mol. The Morgan fingerprint density at radius 3 is 2.35 bits per heavy atom. The SMILES string of the molecule is C=C(C)C1=C(N(CCC(C)(F)F)C(C)=O)SC(CN)C1C(F)F. The van der Waals surface area contributed by atoms with E-state index in [1.54, 1.807) is 6.92 Å². The van der Waals surface area contributed by atoms with Crippen molar-refractivity contribution in [1.29, 1.82) is 0 Å². The molecule has 0 spiro atoms. The van der Waals surface area contributed by atoms with Crippen molar-refractivity contribution in [3.05, 3.63) is 22.8 Å². The molecule has 1 amide bonds. The van der Waals surface area contributed by atoms with E-state index >= 15 is 0 Å². The first-order chi connectivity index (χ1) is 10.5. The third kappa shape index (κ3) is 4.97. The summed E-state index contributed by atoms with van der Waals surface area (Å²) in [7, 11) is 0. The van der Waals surface area contributed by atoms with E-state index < -0.39 is 35.8 Å². The van der Waals surface area contributed by atoms with Crippen LogP contribution in [0.2, 0.25) is 0 Å². The highest BCUT2D eigenvalue weighted by Crippen LogP contribution is 2.48. The average molecular weight is 354 g/mol. The summed E-state index contributed by atoms with van der Waals surface area (Å²) in [5, 5.41) is -0.337. The normalized spacial score (nSPS) is 22.0. The molecule has 0 fully saturated rings.